The molecule has 1 aliphatic heterocycles. The molecule has 3 heteroatoms. The van der Waals surface area contributed by atoms with Crippen LogP contribution in [-0.4, -0.2) is 47.1 Å². The Labute approximate surface area is 136 Å². The van der Waals surface area contributed by atoms with Crippen LogP contribution in [0.15, 0.2) is 0 Å². The first-order chi connectivity index (χ1) is 9.81. The minimum Gasteiger partial charge on any atom is -0.311 e. The van der Waals surface area contributed by atoms with Gasteiger partial charge in [-0.1, -0.05) is 26.2 Å². The molecule has 1 saturated heterocycles. The van der Waals surface area contributed by atoms with Crippen molar-refractivity contribution in [3.05, 3.63) is 0 Å². The lowest BCUT2D eigenvalue weighted by molar-refractivity contribution is 0.0751. The molecular formula is C18H36N2S. The van der Waals surface area contributed by atoms with Gasteiger partial charge in [0.2, 0.25) is 0 Å². The second kappa shape index (κ2) is 7.23. The van der Waals surface area contributed by atoms with Gasteiger partial charge in [0.1, 0.15) is 0 Å². The summed E-state index contributed by atoms with van der Waals surface area (Å²) in [5, 5.41) is 4.60. The minimum atomic E-state index is 0.237. The predicted molar refractivity (Wildman–Crippen MR) is 96.2 cm³/mol. The highest BCUT2D eigenvalue weighted by Gasteiger charge is 2.37. The van der Waals surface area contributed by atoms with E-state index in [1.807, 2.05) is 0 Å². The van der Waals surface area contributed by atoms with E-state index in [0.717, 1.165) is 11.3 Å². The van der Waals surface area contributed by atoms with Gasteiger partial charge in [0, 0.05) is 42.2 Å². The second-order valence-electron chi connectivity index (χ2n) is 8.45. The van der Waals surface area contributed by atoms with E-state index in [-0.39, 0.29) is 5.54 Å². The predicted octanol–water partition coefficient (Wildman–Crippen LogP) is 4.15. The lowest BCUT2D eigenvalue weighted by Crippen LogP contribution is -2.54. The summed E-state index contributed by atoms with van der Waals surface area (Å²) in [4.78, 5) is 2.79. The van der Waals surface area contributed by atoms with Gasteiger partial charge in [-0.15, -0.1) is 0 Å². The van der Waals surface area contributed by atoms with E-state index in [0.29, 0.717) is 5.41 Å². The van der Waals surface area contributed by atoms with Gasteiger partial charge in [-0.2, -0.15) is 11.8 Å². The number of thioether (sulfide) groups is 1. The normalized spacial score (nSPS) is 31.3. The van der Waals surface area contributed by atoms with Crippen LogP contribution in [0.25, 0.3) is 0 Å². The topological polar surface area (TPSA) is 15.3 Å². The third kappa shape index (κ3) is 5.14. The van der Waals surface area contributed by atoms with Gasteiger partial charge >= 0.3 is 0 Å². The number of hydrogen-bond donors (Lipinski definition) is 1. The van der Waals surface area contributed by atoms with Crippen molar-refractivity contribution >= 4 is 11.8 Å². The monoisotopic (exact) mass is 312 g/mol. The summed E-state index contributed by atoms with van der Waals surface area (Å²) < 4.78 is 0. The zero-order valence-corrected chi connectivity index (χ0v) is 15.7. The van der Waals surface area contributed by atoms with Crippen LogP contribution < -0.4 is 5.32 Å². The zero-order valence-electron chi connectivity index (χ0n) is 14.9. The average molecular weight is 313 g/mol. The molecular weight excluding hydrogens is 276 g/mol. The van der Waals surface area contributed by atoms with Gasteiger partial charge < -0.3 is 5.32 Å². The molecule has 0 aromatic heterocycles. The van der Waals surface area contributed by atoms with Gasteiger partial charge in [-0.3, -0.25) is 4.90 Å². The van der Waals surface area contributed by atoms with Crippen LogP contribution in [0.2, 0.25) is 0 Å². The van der Waals surface area contributed by atoms with Crippen LogP contribution in [0.3, 0.4) is 0 Å². The highest BCUT2D eigenvalue weighted by Crippen LogP contribution is 2.38. The lowest BCUT2D eigenvalue weighted by Gasteiger charge is -2.47. The fourth-order valence-electron chi connectivity index (χ4n) is 3.79. The number of nitrogens with one attached hydrogen (secondary N) is 1. The van der Waals surface area contributed by atoms with Crippen LogP contribution in [0.1, 0.15) is 66.7 Å². The maximum Gasteiger partial charge on any atom is 0.0184 e. The van der Waals surface area contributed by atoms with E-state index < -0.39 is 0 Å². The molecule has 0 spiro atoms. The van der Waals surface area contributed by atoms with E-state index in [1.165, 1.54) is 57.5 Å². The van der Waals surface area contributed by atoms with Crippen molar-refractivity contribution < 1.29 is 0 Å². The lowest BCUT2D eigenvalue weighted by atomic mass is 9.73. The van der Waals surface area contributed by atoms with Crippen LogP contribution in [-0.2, 0) is 0 Å². The Balaban J connectivity index is 2.01. The quantitative estimate of drug-likeness (QED) is 0.839. The summed E-state index contributed by atoms with van der Waals surface area (Å²) in [5.74, 6) is 1.31. The Morgan fingerprint density at radius 2 is 1.81 bits per heavy atom. The Morgan fingerprint density at radius 1 is 1.14 bits per heavy atom. The summed E-state index contributed by atoms with van der Waals surface area (Å²) in [7, 11) is 0. The van der Waals surface area contributed by atoms with E-state index in [4.69, 9.17) is 0 Å². The molecule has 2 nitrogen and oxygen atoms in total. The van der Waals surface area contributed by atoms with Crippen LogP contribution in [0, 0.1) is 5.41 Å². The first-order valence-electron chi connectivity index (χ1n) is 8.92. The Hall–Kier alpha value is 0.270. The van der Waals surface area contributed by atoms with Crippen molar-refractivity contribution in [1.29, 1.82) is 0 Å². The molecule has 0 bridgehead atoms. The Morgan fingerprint density at radius 3 is 2.43 bits per heavy atom. The van der Waals surface area contributed by atoms with Crippen molar-refractivity contribution in [2.24, 2.45) is 5.41 Å². The van der Waals surface area contributed by atoms with E-state index in [9.17, 15) is 0 Å². The zero-order chi connectivity index (χ0) is 15.5. The second-order valence-corrected chi connectivity index (χ2v) is 9.94. The molecule has 1 N–H and O–H groups in total. The fourth-order valence-corrected chi connectivity index (χ4v) is 4.96. The first-order valence-corrected chi connectivity index (χ1v) is 9.97. The molecule has 124 valence electrons. The fraction of sp³-hybridized carbons (Fsp3) is 1.00. The molecule has 0 amide bonds. The van der Waals surface area contributed by atoms with Crippen LogP contribution in [0.4, 0.5) is 0 Å². The van der Waals surface area contributed by atoms with E-state index in [1.54, 1.807) is 0 Å². The maximum absolute atomic E-state index is 3.82. The van der Waals surface area contributed by atoms with Crippen molar-refractivity contribution in [2.75, 3.05) is 25.4 Å². The average Bonchev–Trinajstić information content (AvgIpc) is 2.42. The SMILES string of the molecule is CC1SCCN(CC2(CNC(C)(C)C)CCCCC2)C1C. The summed E-state index contributed by atoms with van der Waals surface area (Å²) in [6, 6.07) is 0.734. The summed E-state index contributed by atoms with van der Waals surface area (Å²) in [5.41, 5.74) is 0.753. The molecule has 2 aliphatic rings. The van der Waals surface area contributed by atoms with E-state index >= 15 is 0 Å². The summed E-state index contributed by atoms with van der Waals surface area (Å²) in [6.07, 6.45) is 7.14. The molecule has 0 radical (unpaired) electrons. The number of rotatable bonds is 4. The van der Waals surface area contributed by atoms with Gasteiger partial charge in [0.25, 0.3) is 0 Å². The van der Waals surface area contributed by atoms with Gasteiger partial charge in [-0.05, 0) is 46.0 Å². The molecule has 1 aliphatic carbocycles. The molecule has 2 rings (SSSR count). The van der Waals surface area contributed by atoms with Gasteiger partial charge in [0.15, 0.2) is 0 Å². The summed E-state index contributed by atoms with van der Waals surface area (Å²) >= 11 is 2.15. The summed E-state index contributed by atoms with van der Waals surface area (Å²) in [6.45, 7) is 15.5. The third-order valence-electron chi connectivity index (χ3n) is 5.46. The third-order valence-corrected chi connectivity index (χ3v) is 6.80. The number of hydrogen-bond acceptors (Lipinski definition) is 3. The molecule has 2 atom stereocenters. The molecule has 0 aromatic carbocycles. The van der Waals surface area contributed by atoms with Crippen LogP contribution >= 0.6 is 11.8 Å². The minimum absolute atomic E-state index is 0.237. The Kier molecular flexibility index (Phi) is 6.07. The highest BCUT2D eigenvalue weighted by molar-refractivity contribution is 8.00. The molecule has 0 aromatic rings. The number of nitrogens with zero attached hydrogens (tertiary/aromatic N) is 1. The molecule has 2 fully saturated rings. The molecule has 2 unspecified atom stereocenters. The van der Waals surface area contributed by atoms with Gasteiger partial charge in [0.05, 0.1) is 0 Å². The van der Waals surface area contributed by atoms with Crippen LogP contribution in [0.5, 0.6) is 0 Å². The van der Waals surface area contributed by atoms with E-state index in [2.05, 4.69) is 56.6 Å². The van der Waals surface area contributed by atoms with Crippen molar-refractivity contribution in [3.63, 3.8) is 0 Å². The van der Waals surface area contributed by atoms with Gasteiger partial charge in [-0.25, -0.2) is 0 Å². The largest absolute Gasteiger partial charge is 0.311 e. The molecule has 1 heterocycles. The molecule has 21 heavy (non-hydrogen) atoms. The van der Waals surface area contributed by atoms with Crippen molar-refractivity contribution in [3.8, 4) is 0 Å². The smallest absolute Gasteiger partial charge is 0.0184 e. The van der Waals surface area contributed by atoms with Crippen molar-refractivity contribution in [1.82, 2.24) is 10.2 Å². The Bertz CT molecular complexity index is 318. The first kappa shape index (κ1) is 17.6. The molecule has 1 saturated carbocycles. The standard InChI is InChI=1S/C18H36N2S/c1-15-16(2)21-12-11-20(15)14-18(9-7-6-8-10-18)13-19-17(3,4)5/h15-16,19H,6-14H2,1-5H3. The maximum atomic E-state index is 3.82. The van der Waals surface area contributed by atoms with Crippen molar-refractivity contribution in [2.45, 2.75) is 83.6 Å². The highest BCUT2D eigenvalue weighted by atomic mass is 32.2.